The highest BCUT2D eigenvalue weighted by atomic mass is 32.1. The zero-order valence-electron chi connectivity index (χ0n) is 11.1. The molecule has 1 atom stereocenters. The molecule has 0 spiro atoms. The number of aromatic nitrogens is 2. The van der Waals surface area contributed by atoms with E-state index in [2.05, 4.69) is 41.8 Å². The van der Waals surface area contributed by atoms with Crippen molar-refractivity contribution in [3.63, 3.8) is 0 Å². The van der Waals surface area contributed by atoms with Gasteiger partial charge >= 0.3 is 0 Å². The van der Waals surface area contributed by atoms with E-state index >= 15 is 0 Å². The van der Waals surface area contributed by atoms with Gasteiger partial charge in [0.15, 0.2) is 0 Å². The molecule has 4 heteroatoms. The third-order valence-corrected chi connectivity index (χ3v) is 3.86. The smallest absolute Gasteiger partial charge is 0.107 e. The number of aryl methyl sites for hydroxylation is 1. The van der Waals surface area contributed by atoms with Gasteiger partial charge in [-0.15, -0.1) is 11.3 Å². The molecule has 0 unspecified atom stereocenters. The molecule has 2 aromatic rings. The molecule has 0 fully saturated rings. The van der Waals surface area contributed by atoms with Gasteiger partial charge in [0.1, 0.15) is 5.01 Å². The lowest BCUT2D eigenvalue weighted by molar-refractivity contribution is 0.246. The van der Waals surface area contributed by atoms with Crippen LogP contribution < -0.4 is 0 Å². The van der Waals surface area contributed by atoms with Crippen molar-refractivity contribution in [1.29, 1.82) is 0 Å². The van der Waals surface area contributed by atoms with Crippen LogP contribution in [0.5, 0.6) is 0 Å². The van der Waals surface area contributed by atoms with Crippen molar-refractivity contribution >= 4 is 11.3 Å². The summed E-state index contributed by atoms with van der Waals surface area (Å²) in [5, 5.41) is 3.19. The predicted octanol–water partition coefficient (Wildman–Crippen LogP) is 2.91. The minimum atomic E-state index is 0.461. The Balaban J connectivity index is 1.93. The topological polar surface area (TPSA) is 29.0 Å². The van der Waals surface area contributed by atoms with Gasteiger partial charge in [-0.2, -0.15) is 0 Å². The van der Waals surface area contributed by atoms with E-state index in [0.717, 1.165) is 18.7 Å². The molecular weight excluding hydrogens is 242 g/mol. The van der Waals surface area contributed by atoms with Crippen molar-refractivity contribution in [2.45, 2.75) is 32.9 Å². The van der Waals surface area contributed by atoms with Gasteiger partial charge in [0, 0.05) is 35.9 Å². The molecule has 2 rings (SSSR count). The van der Waals surface area contributed by atoms with E-state index in [0.29, 0.717) is 6.04 Å². The van der Waals surface area contributed by atoms with Gasteiger partial charge in [-0.3, -0.25) is 9.88 Å². The molecule has 18 heavy (non-hydrogen) atoms. The van der Waals surface area contributed by atoms with Gasteiger partial charge < -0.3 is 0 Å². The van der Waals surface area contributed by atoms with Crippen molar-refractivity contribution in [3.8, 4) is 0 Å². The van der Waals surface area contributed by atoms with Gasteiger partial charge in [0.2, 0.25) is 0 Å². The first kappa shape index (κ1) is 13.2. The number of hydrogen-bond donors (Lipinski definition) is 0. The van der Waals surface area contributed by atoms with Crippen LogP contribution in [0.25, 0.3) is 0 Å². The second kappa shape index (κ2) is 6.07. The van der Waals surface area contributed by atoms with E-state index in [1.165, 1.54) is 10.6 Å². The molecule has 0 aromatic carbocycles. The Morgan fingerprint density at radius 2 is 2.17 bits per heavy atom. The summed E-state index contributed by atoms with van der Waals surface area (Å²) in [6, 6.07) is 4.66. The second-order valence-corrected chi connectivity index (χ2v) is 5.70. The minimum Gasteiger partial charge on any atom is -0.297 e. The molecule has 0 bridgehead atoms. The highest BCUT2D eigenvalue weighted by Crippen LogP contribution is 2.12. The van der Waals surface area contributed by atoms with Crippen molar-refractivity contribution in [2.75, 3.05) is 7.05 Å². The Bertz CT molecular complexity index is 482. The van der Waals surface area contributed by atoms with Crippen molar-refractivity contribution in [3.05, 3.63) is 46.2 Å². The lowest BCUT2D eigenvalue weighted by Gasteiger charge is -2.23. The molecule has 2 aromatic heterocycles. The Morgan fingerprint density at radius 3 is 2.83 bits per heavy atom. The van der Waals surface area contributed by atoms with E-state index in [-0.39, 0.29) is 0 Å². The Morgan fingerprint density at radius 1 is 1.33 bits per heavy atom. The number of pyridine rings is 1. The monoisotopic (exact) mass is 261 g/mol. The summed E-state index contributed by atoms with van der Waals surface area (Å²) >= 11 is 1.71. The average Bonchev–Trinajstić information content (AvgIpc) is 2.81. The van der Waals surface area contributed by atoms with E-state index < -0.39 is 0 Å². The molecule has 3 nitrogen and oxygen atoms in total. The maximum atomic E-state index is 4.42. The fourth-order valence-electron chi connectivity index (χ4n) is 1.87. The highest BCUT2D eigenvalue weighted by Gasteiger charge is 2.12. The fraction of sp³-hybridized carbons (Fsp3) is 0.429. The van der Waals surface area contributed by atoms with Crippen molar-refractivity contribution in [2.24, 2.45) is 0 Å². The van der Waals surface area contributed by atoms with Crippen LogP contribution >= 0.6 is 11.3 Å². The molecule has 0 aliphatic heterocycles. The minimum absolute atomic E-state index is 0.461. The quantitative estimate of drug-likeness (QED) is 0.828. The third-order valence-electron chi connectivity index (χ3n) is 3.10. The molecule has 0 amide bonds. The van der Waals surface area contributed by atoms with Crippen LogP contribution in [0.15, 0.2) is 29.9 Å². The van der Waals surface area contributed by atoms with Crippen molar-refractivity contribution < 1.29 is 0 Å². The molecule has 0 saturated carbocycles. The average molecular weight is 261 g/mol. The Hall–Kier alpha value is -1.26. The molecule has 96 valence electrons. The summed E-state index contributed by atoms with van der Waals surface area (Å²) in [6.45, 7) is 5.25. The zero-order valence-corrected chi connectivity index (χ0v) is 11.9. The fourth-order valence-corrected chi connectivity index (χ4v) is 2.55. The van der Waals surface area contributed by atoms with Gasteiger partial charge in [-0.1, -0.05) is 0 Å². The third kappa shape index (κ3) is 3.62. The van der Waals surface area contributed by atoms with E-state index in [1.54, 1.807) is 11.3 Å². The summed E-state index contributed by atoms with van der Waals surface area (Å²) < 4.78 is 0. The lowest BCUT2D eigenvalue weighted by Crippen LogP contribution is -2.30. The highest BCUT2D eigenvalue weighted by molar-refractivity contribution is 7.09. The maximum Gasteiger partial charge on any atom is 0.107 e. The second-order valence-electron chi connectivity index (χ2n) is 4.72. The molecule has 0 saturated heterocycles. The first-order valence-electron chi connectivity index (χ1n) is 6.15. The summed E-state index contributed by atoms with van der Waals surface area (Å²) in [5.41, 5.74) is 2.43. The standard InChI is InChI=1S/C14H19N3S/c1-11-4-5-15-13(8-11)9-12(2)17(3)10-14-16-6-7-18-14/h4-8,12H,9-10H2,1-3H3/t12-/m1/s1. The number of nitrogens with zero attached hydrogens (tertiary/aromatic N) is 3. The normalized spacial score (nSPS) is 12.9. The molecule has 0 radical (unpaired) electrons. The summed E-state index contributed by atoms with van der Waals surface area (Å²) in [6.07, 6.45) is 4.72. The number of thiazole rings is 1. The number of hydrogen-bond acceptors (Lipinski definition) is 4. The van der Waals surface area contributed by atoms with Crippen LogP contribution in [0.1, 0.15) is 23.2 Å². The van der Waals surface area contributed by atoms with E-state index in [9.17, 15) is 0 Å². The summed E-state index contributed by atoms with van der Waals surface area (Å²) in [5.74, 6) is 0. The number of rotatable bonds is 5. The Kier molecular flexibility index (Phi) is 4.44. The first-order valence-corrected chi connectivity index (χ1v) is 7.03. The lowest BCUT2D eigenvalue weighted by atomic mass is 10.1. The molecule has 0 aliphatic carbocycles. The van der Waals surface area contributed by atoms with Crippen molar-refractivity contribution in [1.82, 2.24) is 14.9 Å². The number of likely N-dealkylation sites (N-methyl/N-ethyl adjacent to an activating group) is 1. The van der Waals surface area contributed by atoms with Crippen LogP contribution in [0.4, 0.5) is 0 Å². The molecule has 0 aliphatic rings. The zero-order chi connectivity index (χ0) is 13.0. The van der Waals surface area contributed by atoms with E-state index in [4.69, 9.17) is 0 Å². The van der Waals surface area contributed by atoms with Crippen LogP contribution in [0.2, 0.25) is 0 Å². The van der Waals surface area contributed by atoms with Gasteiger partial charge in [-0.25, -0.2) is 4.98 Å². The maximum absolute atomic E-state index is 4.42. The van der Waals surface area contributed by atoms with Gasteiger partial charge in [0.05, 0.1) is 6.54 Å². The van der Waals surface area contributed by atoms with Crippen LogP contribution in [0, 0.1) is 6.92 Å². The van der Waals surface area contributed by atoms with Gasteiger partial charge in [-0.05, 0) is 38.6 Å². The van der Waals surface area contributed by atoms with Crippen LogP contribution in [-0.2, 0) is 13.0 Å². The largest absolute Gasteiger partial charge is 0.297 e. The van der Waals surface area contributed by atoms with Crippen LogP contribution in [0.3, 0.4) is 0 Å². The first-order chi connectivity index (χ1) is 8.65. The van der Waals surface area contributed by atoms with Gasteiger partial charge in [0.25, 0.3) is 0 Å². The summed E-state index contributed by atoms with van der Waals surface area (Å²) in [7, 11) is 2.14. The van der Waals surface area contributed by atoms with E-state index in [1.807, 2.05) is 23.8 Å². The molecule has 2 heterocycles. The molecular formula is C14H19N3S. The SMILES string of the molecule is Cc1ccnc(C[C@@H](C)N(C)Cc2nccs2)c1. The summed E-state index contributed by atoms with van der Waals surface area (Å²) in [4.78, 5) is 11.1. The molecule has 0 N–H and O–H groups in total. The van der Waals surface area contributed by atoms with Crippen LogP contribution in [-0.4, -0.2) is 28.0 Å². The Labute approximate surface area is 113 Å². The predicted molar refractivity (Wildman–Crippen MR) is 75.7 cm³/mol.